The molecular formula is C15H22IN3O2. The summed E-state index contributed by atoms with van der Waals surface area (Å²) < 4.78 is 11.5. The van der Waals surface area contributed by atoms with E-state index >= 15 is 0 Å². The number of guanidine groups is 1. The van der Waals surface area contributed by atoms with Crippen molar-refractivity contribution in [1.29, 1.82) is 0 Å². The molecule has 2 heterocycles. The minimum Gasteiger partial charge on any atom is -0.486 e. The zero-order valence-electron chi connectivity index (χ0n) is 12.0. The third-order valence-corrected chi connectivity index (χ3v) is 3.70. The monoisotopic (exact) mass is 403 g/mol. The van der Waals surface area contributed by atoms with Gasteiger partial charge in [0, 0.05) is 13.1 Å². The summed E-state index contributed by atoms with van der Waals surface area (Å²) in [7, 11) is 0. The van der Waals surface area contributed by atoms with Gasteiger partial charge >= 0.3 is 0 Å². The lowest BCUT2D eigenvalue weighted by atomic mass is 10.1. The SMILES string of the molecule is I.NC(=NCC1COc2ccccc2O1)N1CCCCC1. The van der Waals surface area contributed by atoms with E-state index in [9.17, 15) is 0 Å². The Labute approximate surface area is 142 Å². The number of nitrogens with two attached hydrogens (primary N) is 1. The largest absolute Gasteiger partial charge is 0.486 e. The Kier molecular flexibility index (Phi) is 5.96. The summed E-state index contributed by atoms with van der Waals surface area (Å²) in [4.78, 5) is 6.61. The first kappa shape index (κ1) is 16.2. The van der Waals surface area contributed by atoms with Crippen LogP contribution in [0.4, 0.5) is 0 Å². The topological polar surface area (TPSA) is 60.1 Å². The Morgan fingerprint density at radius 3 is 2.67 bits per heavy atom. The summed E-state index contributed by atoms with van der Waals surface area (Å²) in [6, 6.07) is 7.71. The molecule has 1 aromatic rings. The van der Waals surface area contributed by atoms with Gasteiger partial charge in [0.1, 0.15) is 6.61 Å². The van der Waals surface area contributed by atoms with Crippen molar-refractivity contribution in [3.8, 4) is 11.5 Å². The van der Waals surface area contributed by atoms with Gasteiger partial charge < -0.3 is 20.1 Å². The van der Waals surface area contributed by atoms with Gasteiger partial charge in [-0.15, -0.1) is 24.0 Å². The van der Waals surface area contributed by atoms with Crippen LogP contribution in [0, 0.1) is 0 Å². The highest BCUT2D eigenvalue weighted by atomic mass is 127. The van der Waals surface area contributed by atoms with E-state index in [2.05, 4.69) is 9.89 Å². The molecule has 1 fully saturated rings. The molecule has 2 aliphatic rings. The first-order valence-electron chi connectivity index (χ1n) is 7.26. The first-order valence-corrected chi connectivity index (χ1v) is 7.26. The van der Waals surface area contributed by atoms with Crippen LogP contribution >= 0.6 is 24.0 Å². The zero-order chi connectivity index (χ0) is 13.8. The number of benzene rings is 1. The van der Waals surface area contributed by atoms with E-state index in [0.29, 0.717) is 19.1 Å². The highest BCUT2D eigenvalue weighted by molar-refractivity contribution is 14.0. The molecule has 1 atom stereocenters. The quantitative estimate of drug-likeness (QED) is 0.468. The summed E-state index contributed by atoms with van der Waals surface area (Å²) >= 11 is 0. The van der Waals surface area contributed by atoms with Crippen LogP contribution in [-0.4, -0.2) is 43.2 Å². The van der Waals surface area contributed by atoms with E-state index < -0.39 is 0 Å². The number of aliphatic imine (C=N–C) groups is 1. The van der Waals surface area contributed by atoms with Gasteiger partial charge in [0.05, 0.1) is 6.54 Å². The minimum atomic E-state index is -0.0618. The van der Waals surface area contributed by atoms with Crippen molar-refractivity contribution in [2.24, 2.45) is 10.7 Å². The fraction of sp³-hybridized carbons (Fsp3) is 0.533. The number of halogens is 1. The van der Waals surface area contributed by atoms with Crippen LogP contribution in [-0.2, 0) is 0 Å². The first-order chi connectivity index (χ1) is 9.83. The van der Waals surface area contributed by atoms with Crippen molar-refractivity contribution in [3.05, 3.63) is 24.3 Å². The van der Waals surface area contributed by atoms with Gasteiger partial charge in [0.2, 0.25) is 0 Å². The second-order valence-electron chi connectivity index (χ2n) is 5.24. The van der Waals surface area contributed by atoms with Gasteiger partial charge in [0.25, 0.3) is 0 Å². The molecule has 1 saturated heterocycles. The fourth-order valence-electron chi connectivity index (χ4n) is 2.57. The molecule has 2 aliphatic heterocycles. The molecule has 2 N–H and O–H groups in total. The maximum absolute atomic E-state index is 6.04. The van der Waals surface area contributed by atoms with E-state index in [4.69, 9.17) is 15.2 Å². The van der Waals surface area contributed by atoms with Gasteiger partial charge in [-0.2, -0.15) is 0 Å². The van der Waals surface area contributed by atoms with Crippen LogP contribution in [0.2, 0.25) is 0 Å². The van der Waals surface area contributed by atoms with Crippen LogP contribution in [0.25, 0.3) is 0 Å². The summed E-state index contributed by atoms with van der Waals surface area (Å²) in [5.41, 5.74) is 6.04. The molecule has 116 valence electrons. The molecule has 1 aromatic carbocycles. The Balaban J connectivity index is 0.00000161. The molecule has 21 heavy (non-hydrogen) atoms. The van der Waals surface area contributed by atoms with E-state index in [1.54, 1.807) is 0 Å². The molecule has 6 heteroatoms. The van der Waals surface area contributed by atoms with Gasteiger partial charge in [0.15, 0.2) is 23.6 Å². The molecule has 0 bridgehead atoms. The molecular weight excluding hydrogens is 381 g/mol. The predicted molar refractivity (Wildman–Crippen MR) is 93.7 cm³/mol. The molecule has 0 radical (unpaired) electrons. The number of para-hydroxylation sites is 2. The number of ether oxygens (including phenoxy) is 2. The average Bonchev–Trinajstić information content (AvgIpc) is 2.53. The highest BCUT2D eigenvalue weighted by Crippen LogP contribution is 2.30. The fourth-order valence-corrected chi connectivity index (χ4v) is 2.57. The third-order valence-electron chi connectivity index (χ3n) is 3.70. The Hall–Kier alpha value is -1.18. The van der Waals surface area contributed by atoms with Crippen molar-refractivity contribution >= 4 is 29.9 Å². The number of fused-ring (bicyclic) bond motifs is 1. The molecule has 0 amide bonds. The predicted octanol–water partition coefficient (Wildman–Crippen LogP) is 2.25. The maximum atomic E-state index is 6.04. The van der Waals surface area contributed by atoms with Crippen molar-refractivity contribution in [3.63, 3.8) is 0 Å². The molecule has 0 aromatic heterocycles. The van der Waals surface area contributed by atoms with Gasteiger partial charge in [-0.1, -0.05) is 12.1 Å². The number of likely N-dealkylation sites (tertiary alicyclic amines) is 1. The Bertz CT molecular complexity index is 490. The number of rotatable bonds is 2. The van der Waals surface area contributed by atoms with E-state index in [-0.39, 0.29) is 30.1 Å². The summed E-state index contributed by atoms with van der Waals surface area (Å²) in [5, 5.41) is 0. The molecule has 0 aliphatic carbocycles. The molecule has 1 unspecified atom stereocenters. The summed E-state index contributed by atoms with van der Waals surface area (Å²) in [5.74, 6) is 2.22. The second-order valence-corrected chi connectivity index (χ2v) is 5.24. The summed E-state index contributed by atoms with van der Waals surface area (Å²) in [6.45, 7) is 3.09. The highest BCUT2D eigenvalue weighted by Gasteiger charge is 2.20. The third kappa shape index (κ3) is 4.15. The van der Waals surface area contributed by atoms with E-state index in [0.717, 1.165) is 24.6 Å². The maximum Gasteiger partial charge on any atom is 0.191 e. The normalized spacial score (nSPS) is 21.6. The van der Waals surface area contributed by atoms with Gasteiger partial charge in [-0.05, 0) is 31.4 Å². The van der Waals surface area contributed by atoms with Gasteiger partial charge in [-0.25, -0.2) is 4.99 Å². The van der Waals surface area contributed by atoms with E-state index in [1.807, 2.05) is 24.3 Å². The number of piperidine rings is 1. The molecule has 0 spiro atoms. The van der Waals surface area contributed by atoms with Crippen molar-refractivity contribution < 1.29 is 9.47 Å². The molecule has 5 nitrogen and oxygen atoms in total. The number of hydrogen-bond acceptors (Lipinski definition) is 3. The number of hydrogen-bond donors (Lipinski definition) is 1. The number of nitrogens with zero attached hydrogens (tertiary/aromatic N) is 2. The smallest absolute Gasteiger partial charge is 0.191 e. The van der Waals surface area contributed by atoms with Crippen LogP contribution in [0.3, 0.4) is 0 Å². The van der Waals surface area contributed by atoms with Crippen molar-refractivity contribution in [1.82, 2.24) is 4.90 Å². The lowest BCUT2D eigenvalue weighted by Gasteiger charge is -2.29. The van der Waals surface area contributed by atoms with Crippen molar-refractivity contribution in [2.75, 3.05) is 26.2 Å². The Morgan fingerprint density at radius 2 is 1.90 bits per heavy atom. The molecule has 0 saturated carbocycles. The minimum absolute atomic E-state index is 0. The van der Waals surface area contributed by atoms with Crippen molar-refractivity contribution in [2.45, 2.75) is 25.4 Å². The van der Waals surface area contributed by atoms with Crippen LogP contribution in [0.1, 0.15) is 19.3 Å². The zero-order valence-corrected chi connectivity index (χ0v) is 14.4. The second kappa shape index (κ2) is 7.72. The van der Waals surface area contributed by atoms with Crippen LogP contribution in [0.5, 0.6) is 11.5 Å². The standard InChI is InChI=1S/C15H21N3O2.HI/c16-15(18-8-4-1-5-9-18)17-10-12-11-19-13-6-2-3-7-14(13)20-12;/h2-3,6-7,12H,1,4-5,8-11H2,(H2,16,17);1H. The lowest BCUT2D eigenvalue weighted by Crippen LogP contribution is -2.42. The van der Waals surface area contributed by atoms with Crippen LogP contribution in [0.15, 0.2) is 29.3 Å². The lowest BCUT2D eigenvalue weighted by molar-refractivity contribution is 0.0969. The van der Waals surface area contributed by atoms with E-state index in [1.165, 1.54) is 19.3 Å². The summed E-state index contributed by atoms with van der Waals surface area (Å²) in [6.07, 6.45) is 3.63. The van der Waals surface area contributed by atoms with Gasteiger partial charge in [-0.3, -0.25) is 0 Å². The average molecular weight is 403 g/mol. The van der Waals surface area contributed by atoms with Crippen LogP contribution < -0.4 is 15.2 Å². The Morgan fingerprint density at radius 1 is 1.19 bits per heavy atom. The molecule has 3 rings (SSSR count).